The van der Waals surface area contributed by atoms with E-state index in [1.165, 1.54) is 18.4 Å². The van der Waals surface area contributed by atoms with Crippen molar-refractivity contribution in [2.45, 2.75) is 43.2 Å². The second kappa shape index (κ2) is 5.84. The van der Waals surface area contributed by atoms with Crippen molar-refractivity contribution in [2.75, 3.05) is 26.7 Å². The minimum absolute atomic E-state index is 0.523. The van der Waals surface area contributed by atoms with Crippen LogP contribution in [-0.2, 0) is 0 Å². The van der Waals surface area contributed by atoms with Crippen LogP contribution in [0, 0.1) is 0 Å². The van der Waals surface area contributed by atoms with Crippen molar-refractivity contribution in [3.8, 4) is 0 Å². The Bertz CT molecular complexity index is 422. The average Bonchev–Trinajstić information content (AvgIpc) is 2.38. The third kappa shape index (κ3) is 3.05. The summed E-state index contributed by atoms with van der Waals surface area (Å²) in [6.07, 6.45) is 4.47. The van der Waals surface area contributed by atoms with Crippen molar-refractivity contribution in [1.82, 2.24) is 10.2 Å². The molecule has 1 unspecified atom stereocenters. The molecule has 110 valence electrons. The smallest absolute Gasteiger partial charge is 0.0898 e. The van der Waals surface area contributed by atoms with Gasteiger partial charge in [0.15, 0.2) is 0 Å². The molecule has 1 heterocycles. The molecular formula is C17H26N2O. The Morgan fingerprint density at radius 3 is 2.70 bits per heavy atom. The lowest BCUT2D eigenvalue weighted by Crippen LogP contribution is -2.55. The van der Waals surface area contributed by atoms with Gasteiger partial charge >= 0.3 is 0 Å². The molecule has 1 saturated heterocycles. The summed E-state index contributed by atoms with van der Waals surface area (Å²) in [4.78, 5) is 2.37. The third-order valence-corrected chi connectivity index (χ3v) is 5.00. The Hall–Kier alpha value is -0.900. The molecule has 0 aromatic heterocycles. The predicted molar refractivity (Wildman–Crippen MR) is 81.9 cm³/mol. The molecule has 1 aliphatic heterocycles. The summed E-state index contributed by atoms with van der Waals surface area (Å²) in [5.41, 5.74) is 0.945. The highest BCUT2D eigenvalue weighted by molar-refractivity contribution is 5.22. The van der Waals surface area contributed by atoms with E-state index in [9.17, 15) is 5.11 Å². The van der Waals surface area contributed by atoms with Crippen LogP contribution in [0.25, 0.3) is 0 Å². The Balaban J connectivity index is 1.49. The van der Waals surface area contributed by atoms with Crippen LogP contribution in [0.1, 0.15) is 37.2 Å². The van der Waals surface area contributed by atoms with Gasteiger partial charge in [0.2, 0.25) is 0 Å². The van der Waals surface area contributed by atoms with E-state index >= 15 is 0 Å². The molecule has 2 aliphatic rings. The first-order valence-electron chi connectivity index (χ1n) is 7.85. The molecule has 2 N–H and O–H groups in total. The molecule has 1 aromatic carbocycles. The van der Waals surface area contributed by atoms with E-state index < -0.39 is 5.60 Å². The maximum absolute atomic E-state index is 10.6. The van der Waals surface area contributed by atoms with Gasteiger partial charge in [-0.1, -0.05) is 30.3 Å². The first-order valence-corrected chi connectivity index (χ1v) is 7.85. The van der Waals surface area contributed by atoms with Gasteiger partial charge in [0.1, 0.15) is 0 Å². The SMILES string of the molecule is CN(CC1(O)CCCNC1)C1CC(c2ccccc2)C1. The lowest BCUT2D eigenvalue weighted by molar-refractivity contribution is -0.0292. The number of hydrogen-bond acceptors (Lipinski definition) is 3. The molecule has 1 saturated carbocycles. The molecule has 0 amide bonds. The maximum Gasteiger partial charge on any atom is 0.0898 e. The first-order chi connectivity index (χ1) is 9.66. The fourth-order valence-corrected chi connectivity index (χ4v) is 3.63. The highest BCUT2D eigenvalue weighted by atomic mass is 16.3. The van der Waals surface area contributed by atoms with Crippen molar-refractivity contribution in [3.05, 3.63) is 35.9 Å². The van der Waals surface area contributed by atoms with Gasteiger partial charge in [-0.05, 0) is 50.8 Å². The van der Waals surface area contributed by atoms with Gasteiger partial charge in [-0.25, -0.2) is 0 Å². The second-order valence-corrected chi connectivity index (χ2v) is 6.65. The van der Waals surface area contributed by atoms with Gasteiger partial charge in [0.25, 0.3) is 0 Å². The lowest BCUT2D eigenvalue weighted by atomic mass is 9.75. The van der Waals surface area contributed by atoms with Crippen LogP contribution in [0.5, 0.6) is 0 Å². The zero-order chi connectivity index (χ0) is 14.0. The van der Waals surface area contributed by atoms with E-state index in [1.54, 1.807) is 0 Å². The minimum Gasteiger partial charge on any atom is -0.387 e. The standard InChI is InChI=1S/C17H26N2O/c1-19(13-17(20)8-5-9-18-12-17)16-10-15(11-16)14-6-3-2-4-7-14/h2-4,6-7,15-16,18,20H,5,8-13H2,1H3. The number of piperidine rings is 1. The minimum atomic E-state index is -0.523. The fraction of sp³-hybridized carbons (Fsp3) is 0.647. The van der Waals surface area contributed by atoms with Gasteiger partial charge in [0, 0.05) is 19.1 Å². The normalized spacial score (nSPS) is 34.0. The van der Waals surface area contributed by atoms with E-state index in [2.05, 4.69) is 47.6 Å². The number of likely N-dealkylation sites (N-methyl/N-ethyl adjacent to an activating group) is 1. The maximum atomic E-state index is 10.6. The molecule has 0 bridgehead atoms. The van der Waals surface area contributed by atoms with Gasteiger partial charge in [-0.3, -0.25) is 0 Å². The van der Waals surface area contributed by atoms with Crippen LogP contribution >= 0.6 is 0 Å². The van der Waals surface area contributed by atoms with Crippen LogP contribution in [0.2, 0.25) is 0 Å². The van der Waals surface area contributed by atoms with Crippen LogP contribution in [0.15, 0.2) is 30.3 Å². The Morgan fingerprint density at radius 1 is 1.30 bits per heavy atom. The molecule has 0 spiro atoms. The number of hydrogen-bond donors (Lipinski definition) is 2. The molecule has 0 radical (unpaired) electrons. The molecule has 2 fully saturated rings. The number of benzene rings is 1. The Morgan fingerprint density at radius 2 is 2.05 bits per heavy atom. The van der Waals surface area contributed by atoms with E-state index in [-0.39, 0.29) is 0 Å². The molecule has 1 aromatic rings. The fourth-order valence-electron chi connectivity index (χ4n) is 3.63. The quantitative estimate of drug-likeness (QED) is 0.881. The number of rotatable bonds is 4. The molecule has 1 aliphatic carbocycles. The number of β-amino-alcohol motifs (C(OH)–C–C–N with tert-alkyl or cyclic N) is 1. The molecule has 3 nitrogen and oxygen atoms in total. The average molecular weight is 274 g/mol. The summed E-state index contributed by atoms with van der Waals surface area (Å²) in [6, 6.07) is 11.4. The molecule has 1 atom stereocenters. The number of nitrogens with one attached hydrogen (secondary N) is 1. The van der Waals surface area contributed by atoms with Crippen LogP contribution < -0.4 is 5.32 Å². The van der Waals surface area contributed by atoms with E-state index in [1.807, 2.05) is 0 Å². The largest absolute Gasteiger partial charge is 0.387 e. The van der Waals surface area contributed by atoms with E-state index in [4.69, 9.17) is 0 Å². The van der Waals surface area contributed by atoms with E-state index in [0.29, 0.717) is 12.0 Å². The van der Waals surface area contributed by atoms with Crippen molar-refractivity contribution >= 4 is 0 Å². The van der Waals surface area contributed by atoms with Crippen molar-refractivity contribution in [3.63, 3.8) is 0 Å². The van der Waals surface area contributed by atoms with Crippen molar-refractivity contribution in [1.29, 1.82) is 0 Å². The van der Waals surface area contributed by atoms with Gasteiger partial charge in [-0.15, -0.1) is 0 Å². The van der Waals surface area contributed by atoms with Crippen LogP contribution in [0.3, 0.4) is 0 Å². The molecule has 3 rings (SSSR count). The topological polar surface area (TPSA) is 35.5 Å². The summed E-state index contributed by atoms with van der Waals surface area (Å²) in [5.74, 6) is 0.711. The Kier molecular flexibility index (Phi) is 4.11. The summed E-state index contributed by atoms with van der Waals surface area (Å²) in [6.45, 7) is 2.59. The molecule has 3 heteroatoms. The Labute approximate surface area is 122 Å². The van der Waals surface area contributed by atoms with Gasteiger partial charge in [-0.2, -0.15) is 0 Å². The highest BCUT2D eigenvalue weighted by Gasteiger charge is 2.37. The summed E-state index contributed by atoms with van der Waals surface area (Å²) in [7, 11) is 2.17. The van der Waals surface area contributed by atoms with Crippen molar-refractivity contribution in [2.24, 2.45) is 0 Å². The highest BCUT2D eigenvalue weighted by Crippen LogP contribution is 2.39. The summed E-state index contributed by atoms with van der Waals surface area (Å²) in [5, 5.41) is 13.9. The second-order valence-electron chi connectivity index (χ2n) is 6.65. The predicted octanol–water partition coefficient (Wildman–Crippen LogP) is 1.98. The number of nitrogens with zero attached hydrogens (tertiary/aromatic N) is 1. The monoisotopic (exact) mass is 274 g/mol. The van der Waals surface area contributed by atoms with Crippen molar-refractivity contribution < 1.29 is 5.11 Å². The molecular weight excluding hydrogens is 248 g/mol. The first kappa shape index (κ1) is 14.1. The number of aliphatic hydroxyl groups is 1. The summed E-state index contributed by atoms with van der Waals surface area (Å²) < 4.78 is 0. The van der Waals surface area contributed by atoms with Gasteiger partial charge in [0.05, 0.1) is 5.60 Å². The molecule has 20 heavy (non-hydrogen) atoms. The van der Waals surface area contributed by atoms with E-state index in [0.717, 1.165) is 32.5 Å². The zero-order valence-electron chi connectivity index (χ0n) is 12.4. The zero-order valence-corrected chi connectivity index (χ0v) is 12.4. The lowest BCUT2D eigenvalue weighted by Gasteiger charge is -2.45. The van der Waals surface area contributed by atoms with Crippen LogP contribution in [-0.4, -0.2) is 48.3 Å². The van der Waals surface area contributed by atoms with Gasteiger partial charge < -0.3 is 15.3 Å². The van der Waals surface area contributed by atoms with Crippen LogP contribution in [0.4, 0.5) is 0 Å². The third-order valence-electron chi connectivity index (χ3n) is 5.00. The summed E-state index contributed by atoms with van der Waals surface area (Å²) >= 11 is 0.